The highest BCUT2D eigenvalue weighted by Gasteiger charge is 2.05. The number of hydrogen-bond acceptors (Lipinski definition) is 2. The molecule has 0 saturated carbocycles. The van der Waals surface area contributed by atoms with Crippen LogP contribution in [-0.2, 0) is 6.42 Å². The van der Waals surface area contributed by atoms with Gasteiger partial charge in [-0.1, -0.05) is 24.3 Å². The number of hydrogen-bond donors (Lipinski definition) is 1. The topological polar surface area (TPSA) is 35.2 Å². The van der Waals surface area contributed by atoms with E-state index in [2.05, 4.69) is 31.7 Å². The van der Waals surface area contributed by atoms with E-state index < -0.39 is 0 Å². The van der Waals surface area contributed by atoms with Crippen LogP contribution < -0.4 is 10.5 Å². The number of nitrogens with two attached hydrogens (primary N) is 1. The summed E-state index contributed by atoms with van der Waals surface area (Å²) in [5.74, 6) is 1.03. The van der Waals surface area contributed by atoms with E-state index >= 15 is 0 Å². The third-order valence-electron chi connectivity index (χ3n) is 3.01. The molecule has 100 valence electrons. The van der Waals surface area contributed by atoms with Crippen LogP contribution in [0.3, 0.4) is 0 Å². The zero-order valence-electron chi connectivity index (χ0n) is 11.5. The average molecular weight is 247 g/mol. The van der Waals surface area contributed by atoms with Crippen LogP contribution in [-0.4, -0.2) is 13.2 Å². The van der Waals surface area contributed by atoms with Crippen LogP contribution in [0.15, 0.2) is 30.9 Å². The SMILES string of the molecule is C=CCCCCCOc1c(C)cccc1CCN. The van der Waals surface area contributed by atoms with Crippen molar-refractivity contribution in [1.29, 1.82) is 0 Å². The standard InChI is InChI=1S/C16H25NO/c1-3-4-5-6-7-13-18-16-14(2)9-8-10-15(16)11-12-17/h3,8-10H,1,4-7,11-13,17H2,2H3. The Morgan fingerprint density at radius 2 is 2.11 bits per heavy atom. The van der Waals surface area contributed by atoms with Gasteiger partial charge in [-0.25, -0.2) is 0 Å². The number of rotatable bonds is 9. The molecule has 0 aliphatic heterocycles. The van der Waals surface area contributed by atoms with Crippen LogP contribution in [0.2, 0.25) is 0 Å². The van der Waals surface area contributed by atoms with Crippen LogP contribution >= 0.6 is 0 Å². The molecule has 2 N–H and O–H groups in total. The molecule has 1 rings (SSSR count). The first-order chi connectivity index (χ1) is 8.79. The summed E-state index contributed by atoms with van der Waals surface area (Å²) < 4.78 is 5.92. The Bertz CT molecular complexity index is 360. The van der Waals surface area contributed by atoms with Crippen molar-refractivity contribution in [3.63, 3.8) is 0 Å². The Hall–Kier alpha value is -1.28. The summed E-state index contributed by atoms with van der Waals surface area (Å²) >= 11 is 0. The van der Waals surface area contributed by atoms with Gasteiger partial charge in [-0.3, -0.25) is 0 Å². The number of ether oxygens (including phenoxy) is 1. The number of para-hydroxylation sites is 1. The summed E-state index contributed by atoms with van der Waals surface area (Å²) in [5, 5.41) is 0. The van der Waals surface area contributed by atoms with Crippen molar-refractivity contribution in [2.24, 2.45) is 5.73 Å². The van der Waals surface area contributed by atoms with Gasteiger partial charge in [0.15, 0.2) is 0 Å². The minimum Gasteiger partial charge on any atom is -0.493 e. The Morgan fingerprint density at radius 1 is 1.28 bits per heavy atom. The van der Waals surface area contributed by atoms with E-state index in [0.717, 1.165) is 31.6 Å². The summed E-state index contributed by atoms with van der Waals surface area (Å²) in [5.41, 5.74) is 8.05. The van der Waals surface area contributed by atoms with Crippen molar-refractivity contribution in [3.05, 3.63) is 42.0 Å². The molecule has 1 aromatic rings. The smallest absolute Gasteiger partial charge is 0.125 e. The second kappa shape index (κ2) is 8.76. The average Bonchev–Trinajstić information content (AvgIpc) is 2.36. The van der Waals surface area contributed by atoms with Crippen LogP contribution in [0.5, 0.6) is 5.75 Å². The first-order valence-electron chi connectivity index (χ1n) is 6.82. The largest absolute Gasteiger partial charge is 0.493 e. The highest BCUT2D eigenvalue weighted by molar-refractivity contribution is 5.40. The van der Waals surface area contributed by atoms with E-state index in [1.807, 2.05) is 6.08 Å². The lowest BCUT2D eigenvalue weighted by atomic mass is 10.1. The number of allylic oxidation sites excluding steroid dienone is 1. The maximum Gasteiger partial charge on any atom is 0.125 e. The molecule has 1 aromatic carbocycles. The van der Waals surface area contributed by atoms with Gasteiger partial charge in [0, 0.05) is 0 Å². The number of benzene rings is 1. The van der Waals surface area contributed by atoms with Gasteiger partial charge in [0.05, 0.1) is 6.61 Å². The van der Waals surface area contributed by atoms with Gasteiger partial charge in [-0.2, -0.15) is 0 Å². The fourth-order valence-electron chi connectivity index (χ4n) is 2.01. The third kappa shape index (κ3) is 4.92. The quantitative estimate of drug-likeness (QED) is 0.534. The first-order valence-corrected chi connectivity index (χ1v) is 6.82. The Kier molecular flexibility index (Phi) is 7.19. The van der Waals surface area contributed by atoms with E-state index in [4.69, 9.17) is 10.5 Å². The zero-order valence-corrected chi connectivity index (χ0v) is 11.5. The normalized spacial score (nSPS) is 10.3. The van der Waals surface area contributed by atoms with Gasteiger partial charge in [-0.05, 0) is 56.7 Å². The van der Waals surface area contributed by atoms with Crippen molar-refractivity contribution in [2.75, 3.05) is 13.2 Å². The molecule has 0 atom stereocenters. The van der Waals surface area contributed by atoms with Gasteiger partial charge in [-0.15, -0.1) is 6.58 Å². The fourth-order valence-corrected chi connectivity index (χ4v) is 2.01. The van der Waals surface area contributed by atoms with Crippen molar-refractivity contribution in [3.8, 4) is 5.75 Å². The van der Waals surface area contributed by atoms with Crippen LogP contribution in [0.25, 0.3) is 0 Å². The maximum atomic E-state index is 5.92. The Balaban J connectivity index is 2.42. The van der Waals surface area contributed by atoms with E-state index in [9.17, 15) is 0 Å². The van der Waals surface area contributed by atoms with Gasteiger partial charge in [0.25, 0.3) is 0 Å². The molecule has 2 heteroatoms. The third-order valence-corrected chi connectivity index (χ3v) is 3.01. The molecule has 0 radical (unpaired) electrons. The predicted molar refractivity (Wildman–Crippen MR) is 78.1 cm³/mol. The molecule has 0 aliphatic carbocycles. The van der Waals surface area contributed by atoms with Gasteiger partial charge in [0.1, 0.15) is 5.75 Å². The summed E-state index contributed by atoms with van der Waals surface area (Å²) in [6, 6.07) is 6.26. The number of unbranched alkanes of at least 4 members (excludes halogenated alkanes) is 3. The second-order valence-corrected chi connectivity index (χ2v) is 4.59. The van der Waals surface area contributed by atoms with Crippen LogP contribution in [0.1, 0.15) is 36.8 Å². The molecule has 0 unspecified atom stereocenters. The summed E-state index contributed by atoms with van der Waals surface area (Å²) in [6.07, 6.45) is 7.46. The molecule has 0 fully saturated rings. The second-order valence-electron chi connectivity index (χ2n) is 4.59. The van der Waals surface area contributed by atoms with Crippen molar-refractivity contribution < 1.29 is 4.74 Å². The first kappa shape index (κ1) is 14.8. The molecule has 0 amide bonds. The molecule has 0 spiro atoms. The van der Waals surface area contributed by atoms with E-state index in [1.54, 1.807) is 0 Å². The minimum absolute atomic E-state index is 0.666. The monoisotopic (exact) mass is 247 g/mol. The van der Waals surface area contributed by atoms with Crippen molar-refractivity contribution >= 4 is 0 Å². The van der Waals surface area contributed by atoms with E-state index in [0.29, 0.717) is 6.54 Å². The minimum atomic E-state index is 0.666. The van der Waals surface area contributed by atoms with E-state index in [1.165, 1.54) is 24.0 Å². The van der Waals surface area contributed by atoms with Gasteiger partial charge < -0.3 is 10.5 Å². The molecule has 18 heavy (non-hydrogen) atoms. The van der Waals surface area contributed by atoms with Crippen molar-refractivity contribution in [1.82, 2.24) is 0 Å². The van der Waals surface area contributed by atoms with Crippen LogP contribution in [0.4, 0.5) is 0 Å². The van der Waals surface area contributed by atoms with Crippen molar-refractivity contribution in [2.45, 2.75) is 39.0 Å². The molecular formula is C16H25NO. The predicted octanol–water partition coefficient (Wildman–Crippen LogP) is 3.62. The molecule has 0 aromatic heterocycles. The zero-order chi connectivity index (χ0) is 13.2. The lowest BCUT2D eigenvalue weighted by Crippen LogP contribution is -2.07. The van der Waals surface area contributed by atoms with E-state index in [-0.39, 0.29) is 0 Å². The molecule has 0 saturated heterocycles. The molecule has 0 aliphatic rings. The van der Waals surface area contributed by atoms with Crippen LogP contribution in [0, 0.1) is 6.92 Å². The highest BCUT2D eigenvalue weighted by atomic mass is 16.5. The molecule has 0 bridgehead atoms. The Labute approximate surface area is 111 Å². The van der Waals surface area contributed by atoms with Gasteiger partial charge in [0.2, 0.25) is 0 Å². The van der Waals surface area contributed by atoms with Gasteiger partial charge >= 0.3 is 0 Å². The molecule has 0 heterocycles. The Morgan fingerprint density at radius 3 is 2.83 bits per heavy atom. The highest BCUT2D eigenvalue weighted by Crippen LogP contribution is 2.24. The lowest BCUT2D eigenvalue weighted by molar-refractivity contribution is 0.300. The summed E-state index contributed by atoms with van der Waals surface area (Å²) in [6.45, 7) is 7.27. The lowest BCUT2D eigenvalue weighted by Gasteiger charge is -2.13. The summed E-state index contributed by atoms with van der Waals surface area (Å²) in [7, 11) is 0. The fraction of sp³-hybridized carbons (Fsp3) is 0.500. The molecular weight excluding hydrogens is 222 g/mol. The molecule has 2 nitrogen and oxygen atoms in total. The maximum absolute atomic E-state index is 5.92. The summed E-state index contributed by atoms with van der Waals surface area (Å²) in [4.78, 5) is 0. The number of aryl methyl sites for hydroxylation is 1.